The van der Waals surface area contributed by atoms with E-state index in [0.29, 0.717) is 5.92 Å². The van der Waals surface area contributed by atoms with Crippen LogP contribution >= 0.6 is 11.3 Å². The van der Waals surface area contributed by atoms with Gasteiger partial charge in [0.25, 0.3) is 5.91 Å². The Morgan fingerprint density at radius 2 is 2.00 bits per heavy atom. The van der Waals surface area contributed by atoms with Crippen LogP contribution in [0, 0.1) is 19.8 Å². The molecule has 0 bridgehead atoms. The van der Waals surface area contributed by atoms with Crippen LogP contribution in [0.2, 0.25) is 0 Å². The molecule has 5 nitrogen and oxygen atoms in total. The van der Waals surface area contributed by atoms with Crippen molar-refractivity contribution in [2.75, 3.05) is 6.54 Å². The lowest BCUT2D eigenvalue weighted by Crippen LogP contribution is -2.48. The van der Waals surface area contributed by atoms with E-state index in [9.17, 15) is 4.79 Å². The van der Waals surface area contributed by atoms with Crippen LogP contribution in [0.15, 0.2) is 52.4 Å². The highest BCUT2D eigenvalue weighted by Crippen LogP contribution is 2.32. The molecule has 1 saturated heterocycles. The van der Waals surface area contributed by atoms with Gasteiger partial charge < -0.3 is 9.32 Å². The molecule has 0 unspecified atom stereocenters. The van der Waals surface area contributed by atoms with E-state index in [1.807, 2.05) is 36.6 Å². The summed E-state index contributed by atoms with van der Waals surface area (Å²) in [4.78, 5) is 25.1. The lowest BCUT2D eigenvalue weighted by atomic mass is 9.87. The van der Waals surface area contributed by atoms with Gasteiger partial charge in [-0.15, -0.1) is 11.3 Å². The maximum atomic E-state index is 13.9. The molecule has 0 spiro atoms. The standard InChI is InChI=1S/C27H29N3O2S/c1-17-6-8-20(26-28-12-14-33-26)21(15-17)27(31)30-13-4-5-19(3)23(30)9-11-25-29-22-16-18(2)7-10-24(22)32-25/h6-8,10,12,14-16,19,23H,4-5,9,11,13H2,1-3H3/t19-,23-/m1/s1. The van der Waals surface area contributed by atoms with E-state index in [2.05, 4.69) is 35.9 Å². The SMILES string of the molecule is Cc1ccc(-c2nccs2)c(C(=O)N2CCC[C@@H](C)[C@H]2CCc2nc3cc(C)ccc3o2)c1. The molecule has 3 heterocycles. The summed E-state index contributed by atoms with van der Waals surface area (Å²) >= 11 is 1.57. The van der Waals surface area contributed by atoms with Crippen molar-refractivity contribution in [3.8, 4) is 10.6 Å². The van der Waals surface area contributed by atoms with E-state index < -0.39 is 0 Å². The number of rotatable bonds is 5. The molecule has 170 valence electrons. The minimum atomic E-state index is 0.105. The Kier molecular flexibility index (Phi) is 6.02. The highest BCUT2D eigenvalue weighted by molar-refractivity contribution is 7.13. The maximum absolute atomic E-state index is 13.9. The molecule has 2 aromatic heterocycles. The first-order chi connectivity index (χ1) is 16.0. The van der Waals surface area contributed by atoms with Crippen LogP contribution in [0.4, 0.5) is 0 Å². The van der Waals surface area contributed by atoms with E-state index in [0.717, 1.165) is 70.9 Å². The lowest BCUT2D eigenvalue weighted by molar-refractivity contribution is 0.0497. The van der Waals surface area contributed by atoms with Gasteiger partial charge in [-0.05, 0) is 62.8 Å². The molecule has 0 N–H and O–H groups in total. The number of aryl methyl sites for hydroxylation is 3. The number of benzene rings is 2. The lowest BCUT2D eigenvalue weighted by Gasteiger charge is -2.40. The second-order valence-corrected chi connectivity index (χ2v) is 10.1. The number of fused-ring (bicyclic) bond motifs is 1. The van der Waals surface area contributed by atoms with Crippen LogP contribution in [-0.2, 0) is 6.42 Å². The predicted molar refractivity (Wildman–Crippen MR) is 133 cm³/mol. The number of amides is 1. The molecule has 2 aromatic carbocycles. The molecule has 2 atom stereocenters. The van der Waals surface area contributed by atoms with Gasteiger partial charge in [0.2, 0.25) is 0 Å². The van der Waals surface area contributed by atoms with Gasteiger partial charge in [-0.1, -0.05) is 30.7 Å². The summed E-state index contributed by atoms with van der Waals surface area (Å²) in [6.45, 7) is 7.14. The average Bonchev–Trinajstić information content (AvgIpc) is 3.47. The molecule has 1 aliphatic rings. The largest absolute Gasteiger partial charge is 0.441 e. The fraction of sp³-hybridized carbons (Fsp3) is 0.370. The van der Waals surface area contributed by atoms with Gasteiger partial charge in [0.05, 0.1) is 5.56 Å². The van der Waals surface area contributed by atoms with Gasteiger partial charge in [0, 0.05) is 36.1 Å². The summed E-state index contributed by atoms with van der Waals surface area (Å²) in [5, 5.41) is 2.85. The number of piperidine rings is 1. The van der Waals surface area contributed by atoms with Crippen molar-refractivity contribution in [3.05, 3.63) is 70.6 Å². The van der Waals surface area contributed by atoms with Crippen molar-refractivity contribution >= 4 is 28.3 Å². The zero-order chi connectivity index (χ0) is 22.9. The number of aromatic nitrogens is 2. The Labute approximate surface area is 198 Å². The fourth-order valence-electron chi connectivity index (χ4n) is 4.94. The normalized spacial score (nSPS) is 18.7. The number of oxazole rings is 1. The van der Waals surface area contributed by atoms with Crippen molar-refractivity contribution in [2.24, 2.45) is 5.92 Å². The number of hydrogen-bond donors (Lipinski definition) is 0. The molecule has 0 aliphatic carbocycles. The zero-order valence-corrected chi connectivity index (χ0v) is 20.2. The van der Waals surface area contributed by atoms with Crippen LogP contribution in [0.3, 0.4) is 0 Å². The highest BCUT2D eigenvalue weighted by atomic mass is 32.1. The van der Waals surface area contributed by atoms with Gasteiger partial charge in [-0.3, -0.25) is 4.79 Å². The summed E-state index contributed by atoms with van der Waals surface area (Å²) in [6, 6.07) is 12.3. The molecule has 1 fully saturated rings. The molecule has 1 aliphatic heterocycles. The molecule has 33 heavy (non-hydrogen) atoms. The van der Waals surface area contributed by atoms with Crippen LogP contribution in [-0.4, -0.2) is 33.4 Å². The minimum absolute atomic E-state index is 0.105. The quantitative estimate of drug-likeness (QED) is 0.344. The van der Waals surface area contributed by atoms with Crippen LogP contribution in [0.1, 0.15) is 53.6 Å². The van der Waals surface area contributed by atoms with Crippen molar-refractivity contribution in [1.82, 2.24) is 14.9 Å². The van der Waals surface area contributed by atoms with E-state index in [1.54, 1.807) is 17.5 Å². The Hall–Kier alpha value is -2.99. The third-order valence-electron chi connectivity index (χ3n) is 6.69. The van der Waals surface area contributed by atoms with E-state index >= 15 is 0 Å². The third kappa shape index (κ3) is 4.44. The number of carbonyl (C=O) groups is 1. The van der Waals surface area contributed by atoms with Crippen molar-refractivity contribution in [3.63, 3.8) is 0 Å². The monoisotopic (exact) mass is 459 g/mol. The highest BCUT2D eigenvalue weighted by Gasteiger charge is 2.33. The maximum Gasteiger partial charge on any atom is 0.254 e. The number of hydrogen-bond acceptors (Lipinski definition) is 5. The molecule has 5 rings (SSSR count). The first-order valence-corrected chi connectivity index (χ1v) is 12.5. The van der Waals surface area contributed by atoms with Gasteiger partial charge in [0.1, 0.15) is 10.5 Å². The average molecular weight is 460 g/mol. The zero-order valence-electron chi connectivity index (χ0n) is 19.4. The van der Waals surface area contributed by atoms with E-state index in [-0.39, 0.29) is 11.9 Å². The van der Waals surface area contributed by atoms with Crippen molar-refractivity contribution < 1.29 is 9.21 Å². The van der Waals surface area contributed by atoms with Gasteiger partial charge >= 0.3 is 0 Å². The predicted octanol–water partition coefficient (Wildman–Crippen LogP) is 6.44. The molecule has 0 radical (unpaired) electrons. The summed E-state index contributed by atoms with van der Waals surface area (Å²) in [5.74, 6) is 1.29. The summed E-state index contributed by atoms with van der Waals surface area (Å²) < 4.78 is 5.99. The molecular weight excluding hydrogens is 430 g/mol. The number of carbonyl (C=O) groups excluding carboxylic acids is 1. The van der Waals surface area contributed by atoms with Gasteiger partial charge in [0.15, 0.2) is 11.5 Å². The van der Waals surface area contributed by atoms with Crippen LogP contribution in [0.25, 0.3) is 21.7 Å². The van der Waals surface area contributed by atoms with Crippen LogP contribution < -0.4 is 0 Å². The van der Waals surface area contributed by atoms with E-state index in [4.69, 9.17) is 9.40 Å². The first-order valence-electron chi connectivity index (χ1n) is 11.7. The molecular formula is C27H29N3O2S. The smallest absolute Gasteiger partial charge is 0.254 e. The summed E-state index contributed by atoms with van der Waals surface area (Å²) in [6.07, 6.45) is 5.52. The minimum Gasteiger partial charge on any atom is -0.441 e. The second kappa shape index (κ2) is 9.10. The molecule has 4 aromatic rings. The Bertz CT molecular complexity index is 1280. The van der Waals surface area contributed by atoms with Crippen molar-refractivity contribution in [2.45, 2.75) is 52.5 Å². The summed E-state index contributed by atoms with van der Waals surface area (Å²) in [5.41, 5.74) is 5.67. The second-order valence-electron chi connectivity index (χ2n) is 9.19. The summed E-state index contributed by atoms with van der Waals surface area (Å²) in [7, 11) is 0. The van der Waals surface area contributed by atoms with E-state index in [1.165, 1.54) is 5.56 Å². The number of thiazole rings is 1. The molecule has 6 heteroatoms. The fourth-order valence-corrected chi connectivity index (χ4v) is 5.61. The molecule has 0 saturated carbocycles. The van der Waals surface area contributed by atoms with Gasteiger partial charge in [-0.2, -0.15) is 0 Å². The van der Waals surface area contributed by atoms with Gasteiger partial charge in [-0.25, -0.2) is 9.97 Å². The topological polar surface area (TPSA) is 59.2 Å². The Balaban J connectivity index is 1.40. The third-order valence-corrected chi connectivity index (χ3v) is 7.49. The number of nitrogens with zero attached hydrogens (tertiary/aromatic N) is 3. The van der Waals surface area contributed by atoms with Crippen LogP contribution in [0.5, 0.6) is 0 Å². The Morgan fingerprint density at radius 1 is 1.18 bits per heavy atom. The first kappa shape index (κ1) is 21.8. The Morgan fingerprint density at radius 3 is 2.82 bits per heavy atom. The number of likely N-dealkylation sites (tertiary alicyclic amines) is 1. The van der Waals surface area contributed by atoms with Crippen molar-refractivity contribution in [1.29, 1.82) is 0 Å². The molecule has 1 amide bonds.